The molecule has 0 amide bonds. The van der Waals surface area contributed by atoms with Gasteiger partial charge < -0.3 is 10.4 Å². The third-order valence-corrected chi connectivity index (χ3v) is 3.62. The van der Waals surface area contributed by atoms with Crippen molar-refractivity contribution < 1.29 is 23.1 Å². The molecule has 0 spiro atoms. The van der Waals surface area contributed by atoms with Gasteiger partial charge in [-0.3, -0.25) is 4.79 Å². The lowest BCUT2D eigenvalue weighted by atomic mass is 9.85. The zero-order valence-corrected chi connectivity index (χ0v) is 10.8. The summed E-state index contributed by atoms with van der Waals surface area (Å²) in [6.07, 6.45) is -3.29. The van der Waals surface area contributed by atoms with E-state index in [1.807, 2.05) is 0 Å². The molecule has 1 heterocycles. The fourth-order valence-electron chi connectivity index (χ4n) is 2.72. The first kappa shape index (κ1) is 14.8. The van der Waals surface area contributed by atoms with Crippen LogP contribution in [0.3, 0.4) is 0 Å². The number of aliphatic carboxylic acids is 1. The molecule has 1 aromatic carbocycles. The molecule has 1 fully saturated rings. The molecule has 20 heavy (non-hydrogen) atoms. The fourth-order valence-corrected chi connectivity index (χ4v) is 2.72. The van der Waals surface area contributed by atoms with E-state index in [9.17, 15) is 18.0 Å². The summed E-state index contributed by atoms with van der Waals surface area (Å²) in [5.74, 6) is -0.986. The number of carbonyl (C=O) groups is 1. The largest absolute Gasteiger partial charge is 0.481 e. The van der Waals surface area contributed by atoms with Crippen molar-refractivity contribution in [1.29, 1.82) is 0 Å². The summed E-state index contributed by atoms with van der Waals surface area (Å²) in [6, 6.07) is 5.03. The number of rotatable bonds is 3. The second-order valence-electron chi connectivity index (χ2n) is 5.08. The van der Waals surface area contributed by atoms with E-state index in [0.29, 0.717) is 19.4 Å². The lowest BCUT2D eigenvalue weighted by molar-refractivity contribution is -0.140. The topological polar surface area (TPSA) is 49.3 Å². The van der Waals surface area contributed by atoms with Crippen molar-refractivity contribution >= 4 is 5.97 Å². The standard InChI is InChI=1S/C14H16F3NO2/c15-14(16,17)11-4-2-1-3-10(11)12-7-9(5-6-18-12)8-13(19)20/h1-4,9,12,18H,5-8H2,(H,19,20). The first-order valence-corrected chi connectivity index (χ1v) is 6.49. The van der Waals surface area contributed by atoms with Gasteiger partial charge in [0.15, 0.2) is 0 Å². The molecule has 1 aliphatic rings. The minimum Gasteiger partial charge on any atom is -0.481 e. The summed E-state index contributed by atoms with van der Waals surface area (Å²) in [7, 11) is 0. The molecule has 0 radical (unpaired) electrons. The van der Waals surface area contributed by atoms with E-state index < -0.39 is 23.8 Å². The van der Waals surface area contributed by atoms with Gasteiger partial charge >= 0.3 is 12.1 Å². The van der Waals surface area contributed by atoms with Gasteiger partial charge in [0, 0.05) is 12.5 Å². The molecule has 0 saturated carbocycles. The fraction of sp³-hybridized carbons (Fsp3) is 0.500. The Labute approximate surface area is 114 Å². The maximum Gasteiger partial charge on any atom is 0.416 e. The van der Waals surface area contributed by atoms with Gasteiger partial charge in [0.25, 0.3) is 0 Å². The van der Waals surface area contributed by atoms with Crippen LogP contribution in [0, 0.1) is 5.92 Å². The van der Waals surface area contributed by atoms with Crippen LogP contribution in [0.2, 0.25) is 0 Å². The van der Waals surface area contributed by atoms with Crippen molar-refractivity contribution in [2.45, 2.75) is 31.5 Å². The molecule has 0 bridgehead atoms. The maximum atomic E-state index is 13.0. The first-order chi connectivity index (χ1) is 9.38. The third kappa shape index (κ3) is 3.50. The average molecular weight is 287 g/mol. The number of carboxylic acid groups (broad SMARTS) is 1. The zero-order valence-electron chi connectivity index (χ0n) is 10.8. The molecular weight excluding hydrogens is 271 g/mol. The van der Waals surface area contributed by atoms with Crippen LogP contribution in [-0.2, 0) is 11.0 Å². The van der Waals surface area contributed by atoms with Crippen molar-refractivity contribution in [1.82, 2.24) is 5.32 Å². The summed E-state index contributed by atoms with van der Waals surface area (Å²) in [5.41, 5.74) is -0.441. The van der Waals surface area contributed by atoms with E-state index in [2.05, 4.69) is 5.32 Å². The Balaban J connectivity index is 2.21. The molecule has 110 valence electrons. The van der Waals surface area contributed by atoms with Crippen molar-refractivity contribution in [3.63, 3.8) is 0 Å². The van der Waals surface area contributed by atoms with Gasteiger partial charge in [0.05, 0.1) is 5.56 Å². The van der Waals surface area contributed by atoms with Crippen LogP contribution < -0.4 is 5.32 Å². The molecule has 0 aromatic heterocycles. The minimum atomic E-state index is -4.39. The van der Waals surface area contributed by atoms with Crippen LogP contribution >= 0.6 is 0 Å². The highest BCUT2D eigenvalue weighted by molar-refractivity contribution is 5.67. The summed E-state index contributed by atoms with van der Waals surface area (Å²) in [4.78, 5) is 10.7. The van der Waals surface area contributed by atoms with Crippen molar-refractivity contribution in [2.75, 3.05) is 6.54 Å². The Hall–Kier alpha value is -1.56. The quantitative estimate of drug-likeness (QED) is 0.897. The Morgan fingerprint density at radius 3 is 2.70 bits per heavy atom. The van der Waals surface area contributed by atoms with Crippen LogP contribution in [-0.4, -0.2) is 17.6 Å². The van der Waals surface area contributed by atoms with Gasteiger partial charge in [-0.15, -0.1) is 0 Å². The van der Waals surface area contributed by atoms with Gasteiger partial charge in [-0.1, -0.05) is 18.2 Å². The Kier molecular flexibility index (Phi) is 4.32. The van der Waals surface area contributed by atoms with Crippen molar-refractivity contribution in [3.8, 4) is 0 Å². The summed E-state index contributed by atoms with van der Waals surface area (Å²) >= 11 is 0. The average Bonchev–Trinajstić information content (AvgIpc) is 2.37. The third-order valence-electron chi connectivity index (χ3n) is 3.62. The highest BCUT2D eigenvalue weighted by atomic mass is 19.4. The molecule has 2 unspecified atom stereocenters. The Bertz CT molecular complexity index is 488. The van der Waals surface area contributed by atoms with Gasteiger partial charge in [0.2, 0.25) is 0 Å². The van der Waals surface area contributed by atoms with Crippen LogP contribution in [0.4, 0.5) is 13.2 Å². The number of hydrogen-bond donors (Lipinski definition) is 2. The summed E-state index contributed by atoms with van der Waals surface area (Å²) in [6.45, 7) is 0.537. The molecule has 1 aliphatic heterocycles. The van der Waals surface area contributed by atoms with Crippen LogP contribution in [0.25, 0.3) is 0 Å². The molecule has 2 atom stereocenters. The van der Waals surface area contributed by atoms with Gasteiger partial charge in [0.1, 0.15) is 0 Å². The molecule has 6 heteroatoms. The van der Waals surface area contributed by atoms with Crippen LogP contribution in [0.15, 0.2) is 24.3 Å². The molecule has 2 N–H and O–H groups in total. The predicted molar refractivity (Wildman–Crippen MR) is 67.2 cm³/mol. The smallest absolute Gasteiger partial charge is 0.416 e. The monoisotopic (exact) mass is 287 g/mol. The molecular formula is C14H16F3NO2. The lowest BCUT2D eigenvalue weighted by Gasteiger charge is -2.31. The number of piperidine rings is 1. The van der Waals surface area contributed by atoms with Gasteiger partial charge in [-0.2, -0.15) is 13.2 Å². The van der Waals surface area contributed by atoms with E-state index in [1.54, 1.807) is 6.07 Å². The normalized spacial score (nSPS) is 23.6. The Morgan fingerprint density at radius 2 is 2.05 bits per heavy atom. The van der Waals surface area contributed by atoms with E-state index in [-0.39, 0.29) is 17.9 Å². The Morgan fingerprint density at radius 1 is 1.35 bits per heavy atom. The molecule has 2 rings (SSSR count). The molecule has 3 nitrogen and oxygen atoms in total. The SMILES string of the molecule is O=C(O)CC1CCNC(c2ccccc2C(F)(F)F)C1. The van der Waals surface area contributed by atoms with Crippen LogP contribution in [0.1, 0.15) is 36.4 Å². The first-order valence-electron chi connectivity index (χ1n) is 6.49. The highest BCUT2D eigenvalue weighted by Crippen LogP contribution is 2.38. The summed E-state index contributed by atoms with van der Waals surface area (Å²) in [5, 5.41) is 11.9. The van der Waals surface area contributed by atoms with Gasteiger partial charge in [-0.05, 0) is 36.9 Å². The molecule has 1 aromatic rings. The number of benzene rings is 1. The predicted octanol–water partition coefficient (Wildman–Crippen LogP) is 3.22. The van der Waals surface area contributed by atoms with Crippen molar-refractivity contribution in [2.24, 2.45) is 5.92 Å². The molecule has 0 aliphatic carbocycles. The van der Waals surface area contributed by atoms with E-state index in [1.165, 1.54) is 12.1 Å². The zero-order chi connectivity index (χ0) is 14.8. The van der Waals surface area contributed by atoms with E-state index in [4.69, 9.17) is 5.11 Å². The number of nitrogens with one attached hydrogen (secondary N) is 1. The number of hydrogen-bond acceptors (Lipinski definition) is 2. The molecule has 1 saturated heterocycles. The minimum absolute atomic E-state index is 0.00631. The highest BCUT2D eigenvalue weighted by Gasteiger charge is 2.36. The van der Waals surface area contributed by atoms with E-state index >= 15 is 0 Å². The number of halogens is 3. The van der Waals surface area contributed by atoms with Gasteiger partial charge in [-0.25, -0.2) is 0 Å². The second kappa shape index (κ2) is 5.83. The second-order valence-corrected chi connectivity index (χ2v) is 5.08. The number of alkyl halides is 3. The summed E-state index contributed by atoms with van der Waals surface area (Å²) < 4.78 is 39.0. The van der Waals surface area contributed by atoms with Crippen molar-refractivity contribution in [3.05, 3.63) is 35.4 Å². The number of carboxylic acids is 1. The lowest BCUT2D eigenvalue weighted by Crippen LogP contribution is -2.33. The van der Waals surface area contributed by atoms with Crippen LogP contribution in [0.5, 0.6) is 0 Å². The van der Waals surface area contributed by atoms with E-state index in [0.717, 1.165) is 6.07 Å². The maximum absolute atomic E-state index is 13.0.